The molecule has 1 aromatic carbocycles. The Morgan fingerprint density at radius 3 is 2.79 bits per heavy atom. The van der Waals surface area contributed by atoms with Gasteiger partial charge < -0.3 is 20.5 Å². The van der Waals surface area contributed by atoms with Crippen LogP contribution in [0, 0.1) is 0 Å². The number of carbonyl (C=O) groups is 2. The third kappa shape index (κ3) is 5.15. The molecule has 0 heterocycles. The van der Waals surface area contributed by atoms with Crippen LogP contribution in [0.5, 0.6) is 0 Å². The first kappa shape index (κ1) is 15.3. The number of hydrogen-bond donors (Lipinski definition) is 2. The molecule has 0 aromatic heterocycles. The molecule has 6 nitrogen and oxygen atoms in total. The Balaban J connectivity index is 2.45. The molecule has 0 saturated heterocycles. The van der Waals surface area contributed by atoms with E-state index in [9.17, 15) is 9.59 Å². The van der Waals surface area contributed by atoms with Gasteiger partial charge in [-0.25, -0.2) is 4.79 Å². The van der Waals surface area contributed by atoms with Crippen LogP contribution in [-0.4, -0.2) is 38.7 Å². The summed E-state index contributed by atoms with van der Waals surface area (Å²) in [5.74, 6) is -1.08. The maximum atomic E-state index is 11.7. The molecule has 19 heavy (non-hydrogen) atoms. The Bertz CT molecular complexity index is 465. The van der Waals surface area contributed by atoms with E-state index in [1.165, 1.54) is 25.3 Å². The molecule has 1 rings (SSSR count). The third-order valence-electron chi connectivity index (χ3n) is 2.20. The molecule has 0 fully saturated rings. The lowest BCUT2D eigenvalue weighted by Gasteiger charge is -2.07. The van der Waals surface area contributed by atoms with E-state index in [0.29, 0.717) is 18.2 Å². The van der Waals surface area contributed by atoms with Crippen molar-refractivity contribution in [1.29, 1.82) is 0 Å². The molecule has 0 aliphatic heterocycles. The molecule has 0 spiro atoms. The number of methoxy groups -OCH3 is 1. The normalized spacial score (nSPS) is 10.0. The first-order valence-corrected chi connectivity index (χ1v) is 5.90. The number of nitrogens with one attached hydrogen (secondary N) is 1. The maximum Gasteiger partial charge on any atom is 0.340 e. The van der Waals surface area contributed by atoms with Gasteiger partial charge in [0.2, 0.25) is 0 Å². The molecular formula is C12H15ClN2O4. The predicted molar refractivity (Wildman–Crippen MR) is 71.0 cm³/mol. The van der Waals surface area contributed by atoms with Gasteiger partial charge in [0.05, 0.1) is 12.2 Å². The van der Waals surface area contributed by atoms with Gasteiger partial charge in [-0.1, -0.05) is 11.6 Å². The Kier molecular flexibility index (Phi) is 6.11. The SMILES string of the molecule is COCCNC(=O)COC(=O)c1ccc(Cl)cc1N. The average Bonchev–Trinajstić information content (AvgIpc) is 2.36. The van der Waals surface area contributed by atoms with Gasteiger partial charge in [0.25, 0.3) is 5.91 Å². The fourth-order valence-electron chi connectivity index (χ4n) is 1.27. The molecule has 0 aliphatic rings. The van der Waals surface area contributed by atoms with Gasteiger partial charge in [-0.3, -0.25) is 4.79 Å². The van der Waals surface area contributed by atoms with Crippen LogP contribution in [0.4, 0.5) is 5.69 Å². The van der Waals surface area contributed by atoms with Crippen LogP contribution < -0.4 is 11.1 Å². The topological polar surface area (TPSA) is 90.6 Å². The highest BCUT2D eigenvalue weighted by molar-refractivity contribution is 6.31. The first-order chi connectivity index (χ1) is 9.04. The summed E-state index contributed by atoms with van der Waals surface area (Å²) in [5.41, 5.74) is 6.01. The van der Waals surface area contributed by atoms with Crippen molar-refractivity contribution in [1.82, 2.24) is 5.32 Å². The van der Waals surface area contributed by atoms with Crippen molar-refractivity contribution in [3.05, 3.63) is 28.8 Å². The molecule has 104 valence electrons. The van der Waals surface area contributed by atoms with Crippen LogP contribution in [0.1, 0.15) is 10.4 Å². The summed E-state index contributed by atoms with van der Waals surface area (Å²) in [4.78, 5) is 23.0. The number of halogens is 1. The molecule has 0 aliphatic carbocycles. The van der Waals surface area contributed by atoms with Gasteiger partial charge in [-0.2, -0.15) is 0 Å². The quantitative estimate of drug-likeness (QED) is 0.459. The highest BCUT2D eigenvalue weighted by Crippen LogP contribution is 2.18. The Hall–Kier alpha value is -1.79. The summed E-state index contributed by atoms with van der Waals surface area (Å²) in [6.45, 7) is 0.379. The minimum atomic E-state index is -0.670. The lowest BCUT2D eigenvalue weighted by molar-refractivity contribution is -0.124. The van der Waals surface area contributed by atoms with Crippen molar-refractivity contribution in [3.8, 4) is 0 Å². The van der Waals surface area contributed by atoms with E-state index in [2.05, 4.69) is 5.32 Å². The van der Waals surface area contributed by atoms with Crippen LogP contribution >= 0.6 is 11.6 Å². The van der Waals surface area contributed by atoms with Crippen LogP contribution in [0.2, 0.25) is 5.02 Å². The van der Waals surface area contributed by atoms with E-state index < -0.39 is 11.9 Å². The number of hydrogen-bond acceptors (Lipinski definition) is 5. The van der Waals surface area contributed by atoms with E-state index in [1.807, 2.05) is 0 Å². The Morgan fingerprint density at radius 1 is 1.42 bits per heavy atom. The smallest absolute Gasteiger partial charge is 0.340 e. The number of benzene rings is 1. The second kappa shape index (κ2) is 7.60. The number of amides is 1. The zero-order chi connectivity index (χ0) is 14.3. The van der Waals surface area contributed by atoms with E-state index in [1.54, 1.807) is 0 Å². The summed E-state index contributed by atoms with van der Waals surface area (Å²) in [6, 6.07) is 4.41. The lowest BCUT2D eigenvalue weighted by atomic mass is 10.2. The summed E-state index contributed by atoms with van der Waals surface area (Å²) in [6.07, 6.45) is 0. The number of ether oxygens (including phenoxy) is 2. The largest absolute Gasteiger partial charge is 0.452 e. The summed E-state index contributed by atoms with van der Waals surface area (Å²) in [5, 5.41) is 2.94. The van der Waals surface area contributed by atoms with Crippen LogP contribution in [0.15, 0.2) is 18.2 Å². The zero-order valence-corrected chi connectivity index (χ0v) is 11.2. The standard InChI is InChI=1S/C12H15ClN2O4/c1-18-5-4-15-11(16)7-19-12(17)9-3-2-8(13)6-10(9)14/h2-3,6H,4-5,7,14H2,1H3,(H,15,16). The highest BCUT2D eigenvalue weighted by Gasteiger charge is 2.13. The molecule has 0 bridgehead atoms. The summed E-state index contributed by atoms with van der Waals surface area (Å²) in [7, 11) is 1.52. The predicted octanol–water partition coefficient (Wildman–Crippen LogP) is 0.842. The van der Waals surface area contributed by atoms with Gasteiger partial charge >= 0.3 is 5.97 Å². The number of anilines is 1. The first-order valence-electron chi connectivity index (χ1n) is 5.52. The van der Waals surface area contributed by atoms with Gasteiger partial charge in [-0.05, 0) is 18.2 Å². The average molecular weight is 287 g/mol. The number of rotatable bonds is 6. The highest BCUT2D eigenvalue weighted by atomic mass is 35.5. The minimum absolute atomic E-state index is 0.175. The maximum absolute atomic E-state index is 11.7. The van der Waals surface area contributed by atoms with Crippen LogP contribution in [0.3, 0.4) is 0 Å². The third-order valence-corrected chi connectivity index (χ3v) is 2.43. The molecule has 0 radical (unpaired) electrons. The Labute approximate surface area is 115 Å². The second-order valence-electron chi connectivity index (χ2n) is 3.65. The lowest BCUT2D eigenvalue weighted by Crippen LogP contribution is -2.31. The molecule has 0 saturated carbocycles. The monoisotopic (exact) mass is 286 g/mol. The van der Waals surface area contributed by atoms with Crippen molar-refractivity contribution in [3.63, 3.8) is 0 Å². The van der Waals surface area contributed by atoms with Crippen molar-refractivity contribution in [2.45, 2.75) is 0 Å². The number of nitrogens with two attached hydrogens (primary N) is 1. The van der Waals surface area contributed by atoms with Crippen molar-refractivity contribution in [2.75, 3.05) is 32.6 Å². The molecule has 3 N–H and O–H groups in total. The molecule has 0 unspecified atom stereocenters. The van der Waals surface area contributed by atoms with Gasteiger partial charge in [0.1, 0.15) is 0 Å². The molecule has 7 heteroatoms. The number of carbonyl (C=O) groups excluding carboxylic acids is 2. The van der Waals surface area contributed by atoms with Crippen molar-refractivity contribution < 1.29 is 19.1 Å². The molecule has 1 amide bonds. The second-order valence-corrected chi connectivity index (χ2v) is 4.09. The Morgan fingerprint density at radius 2 is 2.16 bits per heavy atom. The molecule has 0 atom stereocenters. The molecular weight excluding hydrogens is 272 g/mol. The minimum Gasteiger partial charge on any atom is -0.452 e. The summed E-state index contributed by atoms with van der Waals surface area (Å²) >= 11 is 5.71. The van der Waals surface area contributed by atoms with E-state index in [0.717, 1.165) is 0 Å². The van der Waals surface area contributed by atoms with E-state index in [-0.39, 0.29) is 17.9 Å². The zero-order valence-electron chi connectivity index (χ0n) is 10.4. The van der Waals surface area contributed by atoms with Gasteiger partial charge in [0.15, 0.2) is 6.61 Å². The van der Waals surface area contributed by atoms with Crippen molar-refractivity contribution >= 4 is 29.2 Å². The van der Waals surface area contributed by atoms with E-state index >= 15 is 0 Å². The van der Waals surface area contributed by atoms with Crippen LogP contribution in [-0.2, 0) is 14.3 Å². The fourth-order valence-corrected chi connectivity index (χ4v) is 1.45. The molecule has 1 aromatic rings. The van der Waals surface area contributed by atoms with Crippen molar-refractivity contribution in [2.24, 2.45) is 0 Å². The fraction of sp³-hybridized carbons (Fsp3) is 0.333. The van der Waals surface area contributed by atoms with E-state index in [4.69, 9.17) is 26.8 Å². The van der Waals surface area contributed by atoms with Gasteiger partial charge in [0, 0.05) is 24.4 Å². The van der Waals surface area contributed by atoms with Gasteiger partial charge in [-0.15, -0.1) is 0 Å². The van der Waals surface area contributed by atoms with Crippen LogP contribution in [0.25, 0.3) is 0 Å². The number of esters is 1. The number of nitrogen functional groups attached to an aromatic ring is 1. The summed E-state index contributed by atoms with van der Waals surface area (Å²) < 4.78 is 9.59.